The highest BCUT2D eigenvalue weighted by atomic mass is 79.9. The van der Waals surface area contributed by atoms with Crippen LogP contribution in [0.15, 0.2) is 168 Å². The minimum Gasteiger partial charge on any atom is -0.493 e. The first-order valence-corrected chi connectivity index (χ1v) is 45.5. The highest BCUT2D eigenvalue weighted by Crippen LogP contribution is 2.45. The molecule has 32 heteroatoms. The van der Waals surface area contributed by atoms with Crippen molar-refractivity contribution in [3.63, 3.8) is 0 Å². The van der Waals surface area contributed by atoms with Crippen molar-refractivity contribution >= 4 is 161 Å². The summed E-state index contributed by atoms with van der Waals surface area (Å²) in [5, 5.41) is 1.70. The molecule has 0 radical (unpaired) electrons. The van der Waals surface area contributed by atoms with Gasteiger partial charge in [0.15, 0.2) is 34.5 Å². The predicted octanol–water partition coefficient (Wildman–Crippen LogP) is 18.4. The molecule has 3 saturated heterocycles. The molecule has 6 heterocycles. The van der Waals surface area contributed by atoms with Crippen LogP contribution in [-0.4, -0.2) is 115 Å². The van der Waals surface area contributed by atoms with Gasteiger partial charge < -0.3 is 47.9 Å². The van der Waals surface area contributed by atoms with Crippen LogP contribution >= 0.6 is 73.1 Å². The average Bonchev–Trinajstić information content (AvgIpc) is 1.68. The number of nitrogens with zero attached hydrogens (tertiary/aromatic N) is 3. The first-order chi connectivity index (χ1) is 54.2. The van der Waals surface area contributed by atoms with Crippen molar-refractivity contribution in [2.75, 3.05) is 76.9 Å². The molecule has 6 aromatic carbocycles. The monoisotopic (exact) mass is 1750 g/mol. The maximum Gasteiger partial charge on any atom is 0.349 e. The van der Waals surface area contributed by atoms with Crippen molar-refractivity contribution in [2.45, 2.75) is 153 Å². The Kier molecular flexibility index (Phi) is 26.3. The van der Waals surface area contributed by atoms with Crippen molar-refractivity contribution in [3.8, 4) is 34.5 Å². The molecule has 3 saturated carbocycles. The van der Waals surface area contributed by atoms with Crippen LogP contribution in [0.3, 0.4) is 0 Å². The number of benzene rings is 6. The van der Waals surface area contributed by atoms with E-state index in [0.717, 1.165) is 117 Å². The Hall–Kier alpha value is -8.59. The zero-order valence-electron chi connectivity index (χ0n) is 62.5. The summed E-state index contributed by atoms with van der Waals surface area (Å²) in [6.45, 7) is 3.27. The molecule has 3 aliphatic carbocycles. The minimum atomic E-state index is -4.05. The molecule has 15 rings (SSSR count). The number of anilines is 6. The van der Waals surface area contributed by atoms with Gasteiger partial charge in [-0.1, -0.05) is 59.6 Å². The third kappa shape index (κ3) is 19.7. The van der Waals surface area contributed by atoms with Gasteiger partial charge in [0.2, 0.25) is 17.7 Å². The van der Waals surface area contributed by atoms with E-state index in [-0.39, 0.29) is 87.0 Å². The van der Waals surface area contributed by atoms with E-state index in [9.17, 15) is 44.4 Å². The summed E-state index contributed by atoms with van der Waals surface area (Å²) >= 11 is 18.3. The highest BCUT2D eigenvalue weighted by molar-refractivity contribution is 9.11. The molecule has 3 atom stereocenters. The van der Waals surface area contributed by atoms with Crippen LogP contribution in [-0.2, 0) is 49.2 Å². The number of hydrogen-bond acceptors (Lipinski definition) is 20. The maximum atomic E-state index is 13.1. The Balaban J connectivity index is 0.000000148. The summed E-state index contributed by atoms with van der Waals surface area (Å²) in [6, 6.07) is 42.3. The minimum absolute atomic E-state index is 0.00287. The van der Waals surface area contributed by atoms with Crippen LogP contribution in [0.4, 0.5) is 34.1 Å². The second-order valence-corrected chi connectivity index (χ2v) is 39.1. The molecule has 6 aliphatic rings. The van der Waals surface area contributed by atoms with Crippen LogP contribution in [0.1, 0.15) is 146 Å². The van der Waals surface area contributed by atoms with Crippen molar-refractivity contribution in [1.29, 1.82) is 0 Å². The van der Waals surface area contributed by atoms with E-state index < -0.39 is 36.0 Å². The fourth-order valence-electron chi connectivity index (χ4n) is 14.8. The third-order valence-electron chi connectivity index (χ3n) is 20.6. The number of halogens is 3. The lowest BCUT2D eigenvalue weighted by Crippen LogP contribution is -2.24. The molecule has 598 valence electrons. The van der Waals surface area contributed by atoms with Crippen LogP contribution in [0, 0.1) is 6.92 Å². The molecule has 9 aromatic rings. The second kappa shape index (κ2) is 36.1. The number of hydrogen-bond donors (Lipinski definition) is 3. The van der Waals surface area contributed by atoms with E-state index >= 15 is 0 Å². The summed E-state index contributed by atoms with van der Waals surface area (Å²) in [4.78, 5) is 56.0. The smallest absolute Gasteiger partial charge is 0.349 e. The van der Waals surface area contributed by atoms with Crippen molar-refractivity contribution in [3.05, 3.63) is 191 Å². The van der Waals surface area contributed by atoms with Gasteiger partial charge in [0, 0.05) is 73.7 Å². The van der Waals surface area contributed by atoms with Crippen molar-refractivity contribution < 1.29 is 77.6 Å². The van der Waals surface area contributed by atoms with E-state index in [4.69, 9.17) is 56.4 Å². The van der Waals surface area contributed by atoms with Gasteiger partial charge in [-0.25, -0.2) is 30.0 Å². The largest absolute Gasteiger partial charge is 0.493 e. The van der Waals surface area contributed by atoms with Crippen LogP contribution in [0.5, 0.6) is 34.5 Å². The number of aryl methyl sites for hydroxylation is 1. The average molecular weight is 1760 g/mol. The summed E-state index contributed by atoms with van der Waals surface area (Å²) < 4.78 is 126. The van der Waals surface area contributed by atoms with Gasteiger partial charge in [-0.3, -0.25) is 28.5 Å². The van der Waals surface area contributed by atoms with Gasteiger partial charge >= 0.3 is 5.97 Å². The second-order valence-electron chi connectivity index (χ2n) is 28.3. The summed E-state index contributed by atoms with van der Waals surface area (Å²) in [5.74, 6) is 3.30. The van der Waals surface area contributed by atoms with Gasteiger partial charge in [-0.2, -0.15) is 0 Å². The number of esters is 1. The number of rotatable bonds is 25. The van der Waals surface area contributed by atoms with Crippen LogP contribution in [0.25, 0.3) is 0 Å². The zero-order valence-corrected chi connectivity index (χ0v) is 70.5. The number of sulfonamides is 3. The Morgan fingerprint density at radius 2 is 0.823 bits per heavy atom. The summed E-state index contributed by atoms with van der Waals surface area (Å²) in [5.41, 5.74) is 6.77. The Bertz CT molecular complexity index is 5100. The Morgan fingerprint density at radius 1 is 0.460 bits per heavy atom. The number of thiophene rings is 3. The van der Waals surface area contributed by atoms with E-state index in [1.807, 2.05) is 67.6 Å². The van der Waals surface area contributed by atoms with Gasteiger partial charge in [-0.15, -0.1) is 34.0 Å². The lowest BCUT2D eigenvalue weighted by atomic mass is 9.98. The molecule has 113 heavy (non-hydrogen) atoms. The summed E-state index contributed by atoms with van der Waals surface area (Å²) in [7, 11) is -5.58. The fourth-order valence-corrected chi connectivity index (χ4v) is 23.4. The summed E-state index contributed by atoms with van der Waals surface area (Å²) in [6.07, 6.45) is 14.9. The molecule has 3 unspecified atom stereocenters. The van der Waals surface area contributed by atoms with E-state index in [0.29, 0.717) is 96.1 Å². The Labute approximate surface area is 688 Å². The predicted molar refractivity (Wildman–Crippen MR) is 445 cm³/mol. The number of nitrogens with one attached hydrogen (secondary N) is 3. The maximum absolute atomic E-state index is 13.1. The number of methoxy groups -OCH3 is 4. The van der Waals surface area contributed by atoms with E-state index in [1.165, 1.54) is 50.3 Å². The molecule has 0 bridgehead atoms. The standard InChI is InChI=1S/C28H30N2O7S2.C27H29BrN2O5S2.C26H26Cl2N2O5S2/c1-35-23-11-10-18(14-24(23)37-22-8-3-4-9-22)19-15-26(31)30(17-19)21-7-5-6-20(16-21)29-39(33,34)25-12-13-38-27(25)28(32)36-2;1-17-12-26(36-27(17)28)37(32,33)29-20-6-5-7-21(15-20)30-16-19(14-25(30)31)18-10-11-23(34-2)24(13-18)35-22-8-3-4-9-22;1-34-22-10-9-16(11-23(22)35-20-7-2-3-8-20)17-12-24(31)30(15-17)19-6-4-5-18(13-19)29-37(32,33)25-14-21(27)26(28)36-25/h5-7,10-14,16,19,22,29H,3-4,8-9,15,17H2,1-2H3;5-7,10-13,15,19,22,29H,3-4,8-9,14,16H2,1-2H3;4-6,9-11,13-14,17,20,29H,2-3,7-8,12,15H2,1H3. The SMILES string of the molecule is COC(=O)c1sccc1S(=O)(=O)Nc1cccc(N2CC(c3ccc(OC)c(OC4CCCC4)c3)CC2=O)c1.COc1ccc(C2CC(=O)N(c3cccc(NS(=O)(=O)c4cc(C)c(Br)s4)c3)C2)cc1OC1CCCC1.COc1ccc(C2CC(=O)N(c3cccc(NS(=O)(=O)c4cc(Cl)c(Cl)s4)c3)C2)cc1OC1CCCC1. The molecule has 0 spiro atoms. The van der Waals surface area contributed by atoms with Gasteiger partial charge in [0.05, 0.1) is 72.6 Å². The molecule has 6 fully saturated rings. The number of ether oxygens (including phenoxy) is 7. The van der Waals surface area contributed by atoms with Crippen LogP contribution < -0.4 is 57.3 Å². The molecule has 3 N–H and O–H groups in total. The van der Waals surface area contributed by atoms with Gasteiger partial charge in [0.25, 0.3) is 30.1 Å². The number of carbonyl (C=O) groups is 4. The molecule has 3 aromatic heterocycles. The lowest BCUT2D eigenvalue weighted by molar-refractivity contribution is -0.118. The molecule has 3 amide bonds. The first kappa shape index (κ1) is 82.4. The van der Waals surface area contributed by atoms with Crippen molar-refractivity contribution in [2.24, 2.45) is 0 Å². The van der Waals surface area contributed by atoms with Crippen molar-refractivity contribution in [1.82, 2.24) is 0 Å². The Morgan fingerprint density at radius 3 is 1.15 bits per heavy atom. The van der Waals surface area contributed by atoms with E-state index in [1.54, 1.807) is 109 Å². The van der Waals surface area contributed by atoms with Gasteiger partial charge in [0.1, 0.15) is 22.5 Å². The zero-order chi connectivity index (χ0) is 79.9. The third-order valence-corrected chi connectivity index (χ3v) is 30.8. The fraction of sp³-hybridized carbons (Fsp3) is 0.358. The van der Waals surface area contributed by atoms with Gasteiger partial charge in [-0.05, 0) is 237 Å². The first-order valence-electron chi connectivity index (χ1n) is 37.0. The normalized spacial score (nSPS) is 18.2. The topological polar surface area (TPSA) is 281 Å². The van der Waals surface area contributed by atoms with Crippen LogP contribution in [0.2, 0.25) is 9.36 Å². The molecular weight excluding hydrogens is 1670 g/mol. The highest BCUT2D eigenvalue weighted by Gasteiger charge is 2.37. The number of carbonyl (C=O) groups excluding carboxylic acids is 4. The molecule has 23 nitrogen and oxygen atoms in total. The van der Waals surface area contributed by atoms with E-state index in [2.05, 4.69) is 30.1 Å². The lowest BCUT2D eigenvalue weighted by Gasteiger charge is -2.20. The quantitative estimate of drug-likeness (QED) is 0.0448. The molecular formula is C81H85BrCl2N6O17S6. The molecule has 3 aliphatic heterocycles. The number of amides is 3.